The van der Waals surface area contributed by atoms with Crippen molar-refractivity contribution in [2.75, 3.05) is 29.4 Å². The molecule has 0 atom stereocenters. The van der Waals surface area contributed by atoms with Crippen LogP contribution in [0.1, 0.15) is 24.6 Å². The van der Waals surface area contributed by atoms with Crippen molar-refractivity contribution in [1.29, 1.82) is 0 Å². The summed E-state index contributed by atoms with van der Waals surface area (Å²) in [7, 11) is 0. The lowest BCUT2D eigenvalue weighted by atomic mass is 10.1. The number of rotatable bonds is 3. The zero-order valence-corrected chi connectivity index (χ0v) is 12.5. The van der Waals surface area contributed by atoms with Crippen LogP contribution in [0.2, 0.25) is 0 Å². The van der Waals surface area contributed by atoms with E-state index in [4.69, 9.17) is 0 Å². The summed E-state index contributed by atoms with van der Waals surface area (Å²) >= 11 is 0. The number of amides is 1. The first kappa shape index (κ1) is 13.2. The number of hydrogen-bond acceptors (Lipinski definition) is 5. The third kappa shape index (κ3) is 2.22. The molecule has 114 valence electrons. The van der Waals surface area contributed by atoms with Crippen molar-refractivity contribution in [2.24, 2.45) is 0 Å². The van der Waals surface area contributed by atoms with E-state index in [1.54, 1.807) is 12.4 Å². The van der Waals surface area contributed by atoms with Crippen molar-refractivity contribution in [1.82, 2.24) is 19.7 Å². The quantitative estimate of drug-likeness (QED) is 0.851. The summed E-state index contributed by atoms with van der Waals surface area (Å²) in [5.74, 6) is 1.11. The van der Waals surface area contributed by atoms with Crippen LogP contribution in [0, 0.1) is 6.92 Å². The molecule has 0 bridgehead atoms. The molecule has 2 aromatic heterocycles. The third-order valence-electron chi connectivity index (χ3n) is 4.30. The molecule has 7 heteroatoms. The van der Waals surface area contributed by atoms with E-state index in [9.17, 15) is 4.79 Å². The molecule has 0 saturated carbocycles. The molecule has 0 aromatic carbocycles. The molecule has 2 fully saturated rings. The van der Waals surface area contributed by atoms with Crippen molar-refractivity contribution in [2.45, 2.75) is 25.8 Å². The smallest absolute Gasteiger partial charge is 0.227 e. The van der Waals surface area contributed by atoms with E-state index in [0.29, 0.717) is 12.5 Å². The summed E-state index contributed by atoms with van der Waals surface area (Å²) in [5, 5.41) is 4.42. The standard InChI is InChI=1S/C15H18N6O/c1-11-5-17-14(7-16-11)19-8-13(9-19)21-10-12(6-18-21)20-4-2-3-15(20)22/h5-7,10,13H,2-4,8-9H2,1H3. The summed E-state index contributed by atoms with van der Waals surface area (Å²) in [6.07, 6.45) is 8.95. The minimum atomic E-state index is 0.199. The van der Waals surface area contributed by atoms with Gasteiger partial charge in [0.1, 0.15) is 5.82 Å². The normalized spacial score (nSPS) is 18.9. The minimum absolute atomic E-state index is 0.199. The van der Waals surface area contributed by atoms with Gasteiger partial charge in [-0.1, -0.05) is 0 Å². The molecule has 0 spiro atoms. The second kappa shape index (κ2) is 5.08. The molecule has 0 radical (unpaired) electrons. The van der Waals surface area contributed by atoms with Crippen molar-refractivity contribution >= 4 is 17.4 Å². The molecule has 4 heterocycles. The van der Waals surface area contributed by atoms with Gasteiger partial charge in [0, 0.05) is 32.3 Å². The molecular weight excluding hydrogens is 280 g/mol. The molecular formula is C15H18N6O. The first-order valence-corrected chi connectivity index (χ1v) is 7.59. The van der Waals surface area contributed by atoms with Gasteiger partial charge in [-0.15, -0.1) is 0 Å². The molecule has 0 N–H and O–H groups in total. The molecule has 2 aliphatic heterocycles. The average molecular weight is 298 g/mol. The number of aromatic nitrogens is 4. The predicted octanol–water partition coefficient (Wildman–Crippen LogP) is 1.17. The van der Waals surface area contributed by atoms with Crippen LogP contribution >= 0.6 is 0 Å². The van der Waals surface area contributed by atoms with Crippen molar-refractivity contribution in [3.63, 3.8) is 0 Å². The fourth-order valence-electron chi connectivity index (χ4n) is 2.95. The van der Waals surface area contributed by atoms with Gasteiger partial charge in [-0.2, -0.15) is 5.10 Å². The van der Waals surface area contributed by atoms with Crippen molar-refractivity contribution in [3.05, 3.63) is 30.5 Å². The van der Waals surface area contributed by atoms with Crippen LogP contribution in [0.5, 0.6) is 0 Å². The molecule has 4 rings (SSSR count). The van der Waals surface area contributed by atoms with Gasteiger partial charge in [0.25, 0.3) is 0 Å². The second-order valence-corrected chi connectivity index (χ2v) is 5.90. The summed E-state index contributed by atoms with van der Waals surface area (Å²) in [6, 6.07) is 0.328. The summed E-state index contributed by atoms with van der Waals surface area (Å²) < 4.78 is 1.96. The molecule has 1 amide bonds. The number of aryl methyl sites for hydroxylation is 1. The van der Waals surface area contributed by atoms with Gasteiger partial charge in [-0.3, -0.25) is 14.5 Å². The highest BCUT2D eigenvalue weighted by molar-refractivity contribution is 5.95. The predicted molar refractivity (Wildman–Crippen MR) is 81.8 cm³/mol. The van der Waals surface area contributed by atoms with Crippen LogP contribution in [0.3, 0.4) is 0 Å². The largest absolute Gasteiger partial charge is 0.351 e. The Labute approximate surface area is 128 Å². The summed E-state index contributed by atoms with van der Waals surface area (Å²) in [5.41, 5.74) is 1.84. The molecule has 0 unspecified atom stereocenters. The lowest BCUT2D eigenvalue weighted by Gasteiger charge is -2.39. The number of hydrogen-bond donors (Lipinski definition) is 0. The summed E-state index contributed by atoms with van der Waals surface area (Å²) in [4.78, 5) is 24.4. The highest BCUT2D eigenvalue weighted by Gasteiger charge is 2.31. The monoisotopic (exact) mass is 298 g/mol. The Morgan fingerprint density at radius 1 is 1.18 bits per heavy atom. The Balaban J connectivity index is 1.42. The van der Waals surface area contributed by atoms with E-state index in [-0.39, 0.29) is 5.91 Å². The molecule has 2 aliphatic rings. The number of carbonyl (C=O) groups excluding carboxylic acids is 1. The van der Waals surface area contributed by atoms with Crippen LogP contribution < -0.4 is 9.80 Å². The van der Waals surface area contributed by atoms with Gasteiger partial charge in [0.15, 0.2) is 0 Å². The maximum absolute atomic E-state index is 11.8. The van der Waals surface area contributed by atoms with Crippen LogP contribution in [0.25, 0.3) is 0 Å². The molecule has 0 aliphatic carbocycles. The van der Waals surface area contributed by atoms with E-state index in [2.05, 4.69) is 20.0 Å². The SMILES string of the molecule is Cc1cnc(N2CC(n3cc(N4CCCC4=O)cn3)C2)cn1. The number of nitrogens with zero attached hydrogens (tertiary/aromatic N) is 6. The zero-order valence-electron chi connectivity index (χ0n) is 12.5. The van der Waals surface area contributed by atoms with Gasteiger partial charge < -0.3 is 9.80 Å². The number of carbonyl (C=O) groups is 1. The highest BCUT2D eigenvalue weighted by Crippen LogP contribution is 2.28. The Hall–Kier alpha value is -2.44. The van der Waals surface area contributed by atoms with Crippen LogP contribution in [0.4, 0.5) is 11.5 Å². The van der Waals surface area contributed by atoms with Crippen molar-refractivity contribution in [3.8, 4) is 0 Å². The van der Waals surface area contributed by atoms with Gasteiger partial charge in [-0.05, 0) is 13.3 Å². The summed E-state index contributed by atoms with van der Waals surface area (Å²) in [6.45, 7) is 4.47. The molecule has 2 saturated heterocycles. The maximum atomic E-state index is 11.8. The van der Waals surface area contributed by atoms with E-state index < -0.39 is 0 Å². The Morgan fingerprint density at radius 3 is 2.73 bits per heavy atom. The Bertz CT molecular complexity index is 688. The average Bonchev–Trinajstić information content (AvgIpc) is 3.08. The fourth-order valence-corrected chi connectivity index (χ4v) is 2.95. The second-order valence-electron chi connectivity index (χ2n) is 5.90. The van der Waals surface area contributed by atoms with E-state index >= 15 is 0 Å². The Kier molecular flexibility index (Phi) is 3.06. The fraction of sp³-hybridized carbons (Fsp3) is 0.467. The highest BCUT2D eigenvalue weighted by atomic mass is 16.2. The minimum Gasteiger partial charge on any atom is -0.351 e. The first-order chi connectivity index (χ1) is 10.7. The van der Waals surface area contributed by atoms with Crippen molar-refractivity contribution < 1.29 is 4.79 Å². The van der Waals surface area contributed by atoms with E-state index in [0.717, 1.165) is 43.3 Å². The van der Waals surface area contributed by atoms with Gasteiger partial charge in [-0.25, -0.2) is 4.98 Å². The Morgan fingerprint density at radius 2 is 2.05 bits per heavy atom. The van der Waals surface area contributed by atoms with Crippen LogP contribution in [0.15, 0.2) is 24.8 Å². The maximum Gasteiger partial charge on any atom is 0.227 e. The first-order valence-electron chi connectivity index (χ1n) is 7.59. The topological polar surface area (TPSA) is 67.2 Å². The third-order valence-corrected chi connectivity index (χ3v) is 4.30. The zero-order chi connectivity index (χ0) is 15.1. The van der Waals surface area contributed by atoms with Gasteiger partial charge in [0.2, 0.25) is 5.91 Å². The molecule has 7 nitrogen and oxygen atoms in total. The lowest BCUT2D eigenvalue weighted by Crippen LogP contribution is -2.48. The van der Waals surface area contributed by atoms with E-state index in [1.165, 1.54) is 0 Å². The molecule has 2 aromatic rings. The van der Waals surface area contributed by atoms with Gasteiger partial charge >= 0.3 is 0 Å². The van der Waals surface area contributed by atoms with Crippen LogP contribution in [-0.4, -0.2) is 45.3 Å². The number of anilines is 2. The van der Waals surface area contributed by atoms with Crippen LogP contribution in [-0.2, 0) is 4.79 Å². The lowest BCUT2D eigenvalue weighted by molar-refractivity contribution is -0.117. The van der Waals surface area contributed by atoms with E-state index in [1.807, 2.05) is 28.9 Å². The molecule has 22 heavy (non-hydrogen) atoms. The van der Waals surface area contributed by atoms with Gasteiger partial charge in [0.05, 0.1) is 36.0 Å².